The number of ether oxygens (including phenoxy) is 2. The van der Waals surface area contributed by atoms with Gasteiger partial charge >= 0.3 is 0 Å². The summed E-state index contributed by atoms with van der Waals surface area (Å²) in [6.07, 6.45) is 2.95. The molecular weight excluding hydrogens is 320 g/mol. The van der Waals surface area contributed by atoms with Gasteiger partial charge in [0.2, 0.25) is 6.79 Å². The summed E-state index contributed by atoms with van der Waals surface area (Å²) in [5, 5.41) is 12.2. The smallest absolute Gasteiger partial charge is 0.262 e. The van der Waals surface area contributed by atoms with Gasteiger partial charge in [-0.2, -0.15) is 5.26 Å². The summed E-state index contributed by atoms with van der Waals surface area (Å²) in [6, 6.07) is 8.58. The number of rotatable bonds is 4. The molecule has 7 heteroatoms. The molecule has 1 aromatic heterocycles. The summed E-state index contributed by atoms with van der Waals surface area (Å²) in [6.45, 7) is 0.295. The summed E-state index contributed by atoms with van der Waals surface area (Å²) in [5.41, 5.74) is 0.524. The number of fused-ring (bicyclic) bond motifs is 1. The second-order valence-corrected chi connectivity index (χ2v) is 5.08. The molecule has 0 atom stereocenters. The Morgan fingerprint density at radius 3 is 3.04 bits per heavy atom. The number of nitrogens with zero attached hydrogens (tertiary/aromatic N) is 1. The minimum atomic E-state index is -0.502. The Balaban J connectivity index is 1.77. The fraction of sp³-hybridized carbons (Fsp3) is 0.125. The van der Waals surface area contributed by atoms with Crippen LogP contribution in [0.4, 0.5) is 0 Å². The summed E-state index contributed by atoms with van der Waals surface area (Å²) in [5.74, 6) is 1.04. The first-order valence-corrected chi connectivity index (χ1v) is 7.06. The zero-order valence-corrected chi connectivity index (χ0v) is 12.6. The molecule has 0 unspecified atom stereocenters. The van der Waals surface area contributed by atoms with Crippen molar-refractivity contribution in [3.8, 4) is 17.6 Å². The van der Waals surface area contributed by atoms with Crippen LogP contribution in [0.2, 0.25) is 5.02 Å². The van der Waals surface area contributed by atoms with Gasteiger partial charge in [-0.1, -0.05) is 11.6 Å². The predicted molar refractivity (Wildman–Crippen MR) is 81.7 cm³/mol. The van der Waals surface area contributed by atoms with Crippen LogP contribution in [-0.2, 0) is 11.3 Å². The molecule has 0 aliphatic carbocycles. The van der Waals surface area contributed by atoms with E-state index in [1.807, 2.05) is 6.07 Å². The molecular formula is C16H11ClN2O4. The molecule has 0 bridgehead atoms. The lowest BCUT2D eigenvalue weighted by atomic mass is 10.1. The van der Waals surface area contributed by atoms with E-state index in [-0.39, 0.29) is 18.9 Å². The van der Waals surface area contributed by atoms with E-state index >= 15 is 0 Å². The van der Waals surface area contributed by atoms with Gasteiger partial charge in [0, 0.05) is 0 Å². The topological polar surface area (TPSA) is 84.5 Å². The molecule has 1 aliphatic heterocycles. The van der Waals surface area contributed by atoms with Gasteiger partial charge in [0.05, 0.1) is 17.8 Å². The lowest BCUT2D eigenvalue weighted by Gasteiger charge is -2.04. The summed E-state index contributed by atoms with van der Waals surface area (Å²) in [4.78, 5) is 12.1. The molecule has 0 spiro atoms. The molecule has 0 saturated carbocycles. The van der Waals surface area contributed by atoms with Crippen LogP contribution in [0.5, 0.6) is 11.5 Å². The first-order valence-electron chi connectivity index (χ1n) is 6.69. The maximum atomic E-state index is 12.1. The highest BCUT2D eigenvalue weighted by atomic mass is 35.5. The number of furan rings is 1. The molecule has 1 N–H and O–H groups in total. The fourth-order valence-corrected chi connectivity index (χ4v) is 2.34. The monoisotopic (exact) mass is 330 g/mol. The quantitative estimate of drug-likeness (QED) is 0.688. The maximum Gasteiger partial charge on any atom is 0.262 e. The minimum absolute atomic E-state index is 0.0495. The highest BCUT2D eigenvalue weighted by Gasteiger charge is 2.18. The Morgan fingerprint density at radius 2 is 2.30 bits per heavy atom. The highest BCUT2D eigenvalue weighted by Crippen LogP contribution is 2.40. The van der Waals surface area contributed by atoms with Gasteiger partial charge in [-0.3, -0.25) is 4.79 Å². The van der Waals surface area contributed by atoms with Crippen LogP contribution >= 0.6 is 11.6 Å². The molecule has 1 aromatic carbocycles. The van der Waals surface area contributed by atoms with Crippen LogP contribution in [0.25, 0.3) is 6.08 Å². The molecule has 1 amide bonds. The van der Waals surface area contributed by atoms with Crippen LogP contribution in [0.1, 0.15) is 11.3 Å². The second-order valence-electron chi connectivity index (χ2n) is 4.67. The Hall–Kier alpha value is -2.91. The largest absolute Gasteiger partial charge is 0.467 e. The van der Waals surface area contributed by atoms with Crippen LogP contribution in [0, 0.1) is 11.3 Å². The zero-order valence-electron chi connectivity index (χ0n) is 11.8. The number of halogens is 1. The number of nitriles is 1. The second kappa shape index (κ2) is 6.46. The molecule has 6 nitrogen and oxygen atoms in total. The maximum absolute atomic E-state index is 12.1. The van der Waals surface area contributed by atoms with Crippen LogP contribution < -0.4 is 14.8 Å². The molecule has 2 heterocycles. The normalized spacial score (nSPS) is 12.8. The SMILES string of the molecule is N#C/C(=C\c1cc(Cl)c2c(c1)OCO2)C(=O)NCc1ccco1. The molecule has 0 saturated heterocycles. The Labute approximate surface area is 136 Å². The first-order chi connectivity index (χ1) is 11.2. The van der Waals surface area contributed by atoms with Crippen molar-refractivity contribution in [2.45, 2.75) is 6.54 Å². The number of benzene rings is 1. The Kier molecular flexibility index (Phi) is 4.22. The predicted octanol–water partition coefficient (Wildman–Crippen LogP) is 2.89. The van der Waals surface area contributed by atoms with Crippen molar-refractivity contribution in [1.29, 1.82) is 5.26 Å². The number of carbonyl (C=O) groups excluding carboxylic acids is 1. The van der Waals surface area contributed by atoms with Crippen molar-refractivity contribution in [1.82, 2.24) is 5.32 Å². The van der Waals surface area contributed by atoms with Gasteiger partial charge in [0.15, 0.2) is 11.5 Å². The van der Waals surface area contributed by atoms with E-state index in [0.717, 1.165) is 0 Å². The lowest BCUT2D eigenvalue weighted by Crippen LogP contribution is -2.23. The average molecular weight is 331 g/mol. The van der Waals surface area contributed by atoms with E-state index < -0.39 is 5.91 Å². The minimum Gasteiger partial charge on any atom is -0.467 e. The molecule has 0 fully saturated rings. The molecule has 1 aliphatic rings. The molecule has 23 heavy (non-hydrogen) atoms. The average Bonchev–Trinajstić information content (AvgIpc) is 3.21. The van der Waals surface area contributed by atoms with Gasteiger partial charge in [-0.05, 0) is 35.9 Å². The number of nitrogens with one attached hydrogen (secondary N) is 1. The van der Waals surface area contributed by atoms with Crippen molar-refractivity contribution in [2.24, 2.45) is 0 Å². The third-order valence-electron chi connectivity index (χ3n) is 3.13. The summed E-state index contributed by atoms with van der Waals surface area (Å²) >= 11 is 6.08. The van der Waals surface area contributed by atoms with Crippen molar-refractivity contribution in [3.05, 3.63) is 52.4 Å². The van der Waals surface area contributed by atoms with Crippen LogP contribution in [0.15, 0.2) is 40.5 Å². The Bertz CT molecular complexity index is 806. The summed E-state index contributed by atoms with van der Waals surface area (Å²) < 4.78 is 15.6. The van der Waals surface area contributed by atoms with Gasteiger partial charge in [-0.25, -0.2) is 0 Å². The van der Waals surface area contributed by atoms with Crippen molar-refractivity contribution in [2.75, 3.05) is 6.79 Å². The molecule has 116 valence electrons. The van der Waals surface area contributed by atoms with Gasteiger partial charge in [0.1, 0.15) is 17.4 Å². The molecule has 3 rings (SSSR count). The van der Waals surface area contributed by atoms with E-state index in [4.69, 9.17) is 25.5 Å². The van der Waals surface area contributed by atoms with Gasteiger partial charge in [0.25, 0.3) is 5.91 Å². The number of amides is 1. The van der Waals surface area contributed by atoms with Crippen LogP contribution in [-0.4, -0.2) is 12.7 Å². The van der Waals surface area contributed by atoms with E-state index in [2.05, 4.69) is 5.32 Å². The van der Waals surface area contributed by atoms with Gasteiger partial charge < -0.3 is 19.2 Å². The molecule has 2 aromatic rings. The van der Waals surface area contributed by atoms with Crippen LogP contribution in [0.3, 0.4) is 0 Å². The zero-order chi connectivity index (χ0) is 16.2. The van der Waals surface area contributed by atoms with E-state index in [1.54, 1.807) is 24.3 Å². The third-order valence-corrected chi connectivity index (χ3v) is 3.41. The third kappa shape index (κ3) is 3.30. The highest BCUT2D eigenvalue weighted by molar-refractivity contribution is 6.32. The number of carbonyl (C=O) groups is 1. The van der Waals surface area contributed by atoms with Crippen molar-refractivity contribution < 1.29 is 18.7 Å². The van der Waals surface area contributed by atoms with Crippen molar-refractivity contribution >= 4 is 23.6 Å². The lowest BCUT2D eigenvalue weighted by molar-refractivity contribution is -0.117. The van der Waals surface area contributed by atoms with Gasteiger partial charge in [-0.15, -0.1) is 0 Å². The first kappa shape index (κ1) is 15.0. The van der Waals surface area contributed by atoms with E-state index in [1.165, 1.54) is 12.3 Å². The van der Waals surface area contributed by atoms with E-state index in [0.29, 0.717) is 27.8 Å². The molecule has 0 radical (unpaired) electrons. The number of hydrogen-bond acceptors (Lipinski definition) is 5. The number of hydrogen-bond donors (Lipinski definition) is 1. The fourth-order valence-electron chi connectivity index (χ4n) is 2.06. The summed E-state index contributed by atoms with van der Waals surface area (Å²) in [7, 11) is 0. The Morgan fingerprint density at radius 1 is 1.43 bits per heavy atom. The van der Waals surface area contributed by atoms with E-state index in [9.17, 15) is 10.1 Å². The van der Waals surface area contributed by atoms with Crippen molar-refractivity contribution in [3.63, 3.8) is 0 Å². The standard InChI is InChI=1S/C16H11ClN2O4/c17-13-5-10(6-14-15(13)23-9-22-14)4-11(7-18)16(20)19-8-12-2-1-3-21-12/h1-6H,8-9H2,(H,19,20)/b11-4+.